The maximum atomic E-state index is 13.0. The summed E-state index contributed by atoms with van der Waals surface area (Å²) in [5, 5.41) is 14.0. The molecule has 0 aliphatic carbocycles. The largest absolute Gasteiger partial charge is 0.417 e. The zero-order valence-corrected chi connectivity index (χ0v) is 10.9. The number of rotatable bonds is 1. The maximum Gasteiger partial charge on any atom is 0.417 e. The van der Waals surface area contributed by atoms with Crippen LogP contribution in [0.15, 0.2) is 24.4 Å². The Hall–Kier alpha value is -2.64. The van der Waals surface area contributed by atoms with Crippen LogP contribution in [0, 0.1) is 6.92 Å². The molecule has 0 fully saturated rings. The van der Waals surface area contributed by atoms with E-state index in [1.807, 2.05) is 0 Å². The standard InChI is InChI=1S/C13H10F3N5/c1-6-4-10(19-21-12(6)17)7-2-3-9(13(14,15)16)8-5-18-20-11(7)8/h2-5H,1H3,(H2,17,21)(H,18,20). The van der Waals surface area contributed by atoms with Gasteiger partial charge in [0.25, 0.3) is 0 Å². The number of benzene rings is 1. The van der Waals surface area contributed by atoms with E-state index < -0.39 is 11.7 Å². The molecule has 3 N–H and O–H groups in total. The highest BCUT2D eigenvalue weighted by atomic mass is 19.4. The molecule has 0 aliphatic rings. The lowest BCUT2D eigenvalue weighted by Gasteiger charge is -2.10. The highest BCUT2D eigenvalue weighted by molar-refractivity contribution is 5.94. The van der Waals surface area contributed by atoms with Crippen LogP contribution in [0.2, 0.25) is 0 Å². The van der Waals surface area contributed by atoms with Gasteiger partial charge in [0.05, 0.1) is 23.0 Å². The van der Waals surface area contributed by atoms with Gasteiger partial charge >= 0.3 is 6.18 Å². The van der Waals surface area contributed by atoms with Gasteiger partial charge in [0, 0.05) is 10.9 Å². The third-order valence-corrected chi connectivity index (χ3v) is 3.22. The summed E-state index contributed by atoms with van der Waals surface area (Å²) in [7, 11) is 0. The number of halogens is 3. The molecule has 0 bridgehead atoms. The molecule has 108 valence electrons. The monoisotopic (exact) mass is 293 g/mol. The number of fused-ring (bicyclic) bond motifs is 1. The molecular weight excluding hydrogens is 283 g/mol. The van der Waals surface area contributed by atoms with Crippen molar-refractivity contribution in [3.05, 3.63) is 35.5 Å². The van der Waals surface area contributed by atoms with Crippen molar-refractivity contribution < 1.29 is 13.2 Å². The Balaban J connectivity index is 2.25. The van der Waals surface area contributed by atoms with Crippen LogP contribution in [0.4, 0.5) is 19.0 Å². The summed E-state index contributed by atoms with van der Waals surface area (Å²) in [5.74, 6) is 0.284. The van der Waals surface area contributed by atoms with Crippen LogP contribution in [0.3, 0.4) is 0 Å². The molecule has 0 spiro atoms. The third kappa shape index (κ3) is 2.18. The van der Waals surface area contributed by atoms with Gasteiger partial charge in [-0.3, -0.25) is 5.10 Å². The van der Waals surface area contributed by atoms with E-state index in [0.29, 0.717) is 16.8 Å². The maximum absolute atomic E-state index is 13.0. The first-order valence-corrected chi connectivity index (χ1v) is 6.01. The summed E-state index contributed by atoms with van der Waals surface area (Å²) in [5.41, 5.74) is 6.75. The van der Waals surface area contributed by atoms with Crippen LogP contribution in [0.5, 0.6) is 0 Å². The number of hydrogen-bond acceptors (Lipinski definition) is 4. The van der Waals surface area contributed by atoms with Crippen molar-refractivity contribution in [2.75, 3.05) is 5.73 Å². The number of nitrogens with zero attached hydrogens (tertiary/aromatic N) is 3. The Morgan fingerprint density at radius 3 is 2.62 bits per heavy atom. The zero-order chi connectivity index (χ0) is 15.2. The van der Waals surface area contributed by atoms with Gasteiger partial charge in [0.1, 0.15) is 5.82 Å². The summed E-state index contributed by atoms with van der Waals surface area (Å²) in [6.45, 7) is 1.75. The predicted octanol–water partition coefficient (Wildman–Crippen LogP) is 2.93. The number of nitrogens with one attached hydrogen (secondary N) is 1. The average Bonchev–Trinajstić information content (AvgIpc) is 2.88. The van der Waals surface area contributed by atoms with E-state index in [-0.39, 0.29) is 16.7 Å². The summed E-state index contributed by atoms with van der Waals surface area (Å²) >= 11 is 0. The quantitative estimate of drug-likeness (QED) is 0.723. The van der Waals surface area contributed by atoms with Gasteiger partial charge in [-0.05, 0) is 30.7 Å². The average molecular weight is 293 g/mol. The number of aromatic nitrogens is 4. The van der Waals surface area contributed by atoms with E-state index in [9.17, 15) is 13.2 Å². The van der Waals surface area contributed by atoms with Crippen LogP contribution < -0.4 is 5.73 Å². The Kier molecular flexibility index (Phi) is 2.82. The molecule has 0 amide bonds. The van der Waals surface area contributed by atoms with Gasteiger partial charge in [0.15, 0.2) is 0 Å². The van der Waals surface area contributed by atoms with Crippen molar-refractivity contribution in [1.82, 2.24) is 20.4 Å². The molecular formula is C13H10F3N5. The molecule has 5 nitrogen and oxygen atoms in total. The molecule has 3 rings (SSSR count). The fourth-order valence-corrected chi connectivity index (χ4v) is 2.12. The molecule has 0 radical (unpaired) electrons. The van der Waals surface area contributed by atoms with Crippen LogP contribution in [-0.2, 0) is 6.18 Å². The van der Waals surface area contributed by atoms with Crippen molar-refractivity contribution in [1.29, 1.82) is 0 Å². The number of H-pyrrole nitrogens is 1. The SMILES string of the molecule is Cc1cc(-c2ccc(C(F)(F)F)c3cn[nH]c23)nnc1N. The lowest BCUT2D eigenvalue weighted by molar-refractivity contribution is -0.136. The first-order chi connectivity index (χ1) is 9.88. The van der Waals surface area contributed by atoms with E-state index in [1.54, 1.807) is 13.0 Å². The summed E-state index contributed by atoms with van der Waals surface area (Å²) in [6.07, 6.45) is -3.29. The number of alkyl halides is 3. The first-order valence-electron chi connectivity index (χ1n) is 6.01. The topological polar surface area (TPSA) is 80.5 Å². The molecule has 2 aromatic heterocycles. The normalized spacial score (nSPS) is 12.0. The van der Waals surface area contributed by atoms with Gasteiger partial charge in [-0.2, -0.15) is 18.3 Å². The Morgan fingerprint density at radius 1 is 1.19 bits per heavy atom. The van der Waals surface area contributed by atoms with Gasteiger partial charge in [-0.1, -0.05) is 0 Å². The van der Waals surface area contributed by atoms with Gasteiger partial charge in [-0.15, -0.1) is 10.2 Å². The van der Waals surface area contributed by atoms with E-state index in [1.165, 1.54) is 6.07 Å². The molecule has 3 aromatic rings. The highest BCUT2D eigenvalue weighted by Gasteiger charge is 2.33. The number of aryl methyl sites for hydroxylation is 1. The van der Waals surface area contributed by atoms with Crippen molar-refractivity contribution >= 4 is 16.7 Å². The molecule has 0 aliphatic heterocycles. The Morgan fingerprint density at radius 2 is 1.95 bits per heavy atom. The molecule has 0 saturated carbocycles. The fraction of sp³-hybridized carbons (Fsp3) is 0.154. The van der Waals surface area contributed by atoms with Crippen molar-refractivity contribution in [2.24, 2.45) is 0 Å². The van der Waals surface area contributed by atoms with E-state index in [2.05, 4.69) is 20.4 Å². The third-order valence-electron chi connectivity index (χ3n) is 3.22. The fourth-order valence-electron chi connectivity index (χ4n) is 2.12. The molecule has 8 heteroatoms. The van der Waals surface area contributed by atoms with Gasteiger partial charge in [-0.25, -0.2) is 0 Å². The van der Waals surface area contributed by atoms with Gasteiger partial charge < -0.3 is 5.73 Å². The Labute approximate surface area is 117 Å². The van der Waals surface area contributed by atoms with Gasteiger partial charge in [0.2, 0.25) is 0 Å². The second-order valence-corrected chi connectivity index (χ2v) is 4.61. The summed E-state index contributed by atoms with van der Waals surface area (Å²) in [4.78, 5) is 0. The van der Waals surface area contributed by atoms with Crippen LogP contribution >= 0.6 is 0 Å². The first kappa shape index (κ1) is 13.3. The number of hydrogen-bond donors (Lipinski definition) is 2. The van der Waals surface area contributed by atoms with Crippen molar-refractivity contribution in [3.8, 4) is 11.3 Å². The van der Waals surface area contributed by atoms with Crippen LogP contribution in [0.25, 0.3) is 22.2 Å². The lowest BCUT2D eigenvalue weighted by atomic mass is 10.0. The molecule has 1 aromatic carbocycles. The van der Waals surface area contributed by atoms with Crippen LogP contribution in [0.1, 0.15) is 11.1 Å². The summed E-state index contributed by atoms with van der Waals surface area (Å²) in [6, 6.07) is 4.04. The molecule has 0 unspecified atom stereocenters. The van der Waals surface area contributed by atoms with Crippen LogP contribution in [-0.4, -0.2) is 20.4 Å². The minimum Gasteiger partial charge on any atom is -0.382 e. The lowest BCUT2D eigenvalue weighted by Crippen LogP contribution is -2.05. The van der Waals surface area contributed by atoms with E-state index in [4.69, 9.17) is 5.73 Å². The zero-order valence-electron chi connectivity index (χ0n) is 10.9. The minimum absolute atomic E-state index is 0.00345. The number of nitrogens with two attached hydrogens (primary N) is 1. The summed E-state index contributed by atoms with van der Waals surface area (Å²) < 4.78 is 38.9. The molecule has 0 saturated heterocycles. The van der Waals surface area contributed by atoms with Crippen molar-refractivity contribution in [3.63, 3.8) is 0 Å². The predicted molar refractivity (Wildman–Crippen MR) is 71.3 cm³/mol. The second-order valence-electron chi connectivity index (χ2n) is 4.61. The van der Waals surface area contributed by atoms with E-state index >= 15 is 0 Å². The Bertz CT molecular complexity index is 822. The molecule has 2 heterocycles. The molecule has 0 atom stereocenters. The van der Waals surface area contributed by atoms with E-state index in [0.717, 1.165) is 12.3 Å². The number of aromatic amines is 1. The molecule has 21 heavy (non-hydrogen) atoms. The minimum atomic E-state index is -4.44. The second kappa shape index (κ2) is 4.44. The van der Waals surface area contributed by atoms with Crippen molar-refractivity contribution in [2.45, 2.75) is 13.1 Å². The number of nitrogen functional groups attached to an aromatic ring is 1. The number of anilines is 1. The highest BCUT2D eigenvalue weighted by Crippen LogP contribution is 2.37. The smallest absolute Gasteiger partial charge is 0.382 e.